The van der Waals surface area contributed by atoms with Crippen molar-refractivity contribution in [3.8, 4) is 0 Å². The average Bonchev–Trinajstić information content (AvgIpc) is 2.13. The number of rotatable bonds is 1. The van der Waals surface area contributed by atoms with Crippen LogP contribution in [0.4, 0.5) is 17.6 Å². The lowest BCUT2D eigenvalue weighted by Crippen LogP contribution is -2.49. The van der Waals surface area contributed by atoms with Gasteiger partial charge in [0.1, 0.15) is 5.82 Å². The molecule has 0 heterocycles. The van der Waals surface area contributed by atoms with Crippen LogP contribution in [0.1, 0.15) is 24.0 Å². The van der Waals surface area contributed by atoms with E-state index in [1.165, 1.54) is 0 Å². The van der Waals surface area contributed by atoms with E-state index in [9.17, 15) is 22.7 Å². The first kappa shape index (κ1) is 12.3. The largest absolute Gasteiger partial charge is 0.419 e. The third-order valence-electron chi connectivity index (χ3n) is 3.01. The minimum atomic E-state index is -4.72. The Balaban J connectivity index is 2.32. The van der Waals surface area contributed by atoms with Crippen LogP contribution in [0.3, 0.4) is 0 Å². The highest BCUT2D eigenvalue weighted by Crippen LogP contribution is 2.42. The molecule has 0 radical (unpaired) electrons. The lowest BCUT2D eigenvalue weighted by molar-refractivity contribution is -0.140. The number of aliphatic hydroxyl groups is 1. The van der Waals surface area contributed by atoms with Gasteiger partial charge in [0.25, 0.3) is 0 Å². The minimum absolute atomic E-state index is 0.143. The van der Waals surface area contributed by atoms with E-state index >= 15 is 0 Å². The molecule has 0 unspecified atom stereocenters. The van der Waals surface area contributed by atoms with Crippen LogP contribution >= 0.6 is 0 Å². The SMILES string of the molecule is NC1CC(O)(c2ccc(C(F)(F)F)c(F)c2)C1. The molecule has 3 N–H and O–H groups in total. The molecule has 1 fully saturated rings. The molecule has 0 saturated heterocycles. The standard InChI is InChI=1S/C11H11F4NO/c12-9-3-6(10(17)4-7(16)5-10)1-2-8(9)11(13,14)15/h1-3,7,17H,4-5,16H2. The van der Waals surface area contributed by atoms with E-state index in [4.69, 9.17) is 5.73 Å². The maximum atomic E-state index is 13.3. The number of alkyl halides is 3. The van der Waals surface area contributed by atoms with Crippen LogP contribution in [-0.2, 0) is 11.8 Å². The Labute approximate surface area is 95.0 Å². The Kier molecular flexibility index (Phi) is 2.67. The molecule has 0 bridgehead atoms. The molecule has 1 saturated carbocycles. The van der Waals surface area contributed by atoms with E-state index in [0.717, 1.165) is 12.1 Å². The zero-order valence-corrected chi connectivity index (χ0v) is 8.76. The van der Waals surface area contributed by atoms with Gasteiger partial charge in [-0.2, -0.15) is 13.2 Å². The van der Waals surface area contributed by atoms with Crippen LogP contribution in [-0.4, -0.2) is 11.1 Å². The smallest absolute Gasteiger partial charge is 0.385 e. The molecule has 0 spiro atoms. The molecular weight excluding hydrogens is 238 g/mol. The van der Waals surface area contributed by atoms with Crippen molar-refractivity contribution in [2.24, 2.45) is 5.73 Å². The number of hydrogen-bond acceptors (Lipinski definition) is 2. The molecule has 0 aliphatic heterocycles. The molecule has 1 aliphatic rings. The van der Waals surface area contributed by atoms with E-state index in [0.29, 0.717) is 6.07 Å². The highest BCUT2D eigenvalue weighted by atomic mass is 19.4. The van der Waals surface area contributed by atoms with Crippen LogP contribution in [0, 0.1) is 5.82 Å². The fourth-order valence-electron chi connectivity index (χ4n) is 2.08. The normalized spacial score (nSPS) is 28.9. The van der Waals surface area contributed by atoms with Crippen LogP contribution < -0.4 is 5.73 Å². The summed E-state index contributed by atoms with van der Waals surface area (Å²) in [4.78, 5) is 0. The van der Waals surface area contributed by atoms with Crippen molar-refractivity contribution in [1.29, 1.82) is 0 Å². The Morgan fingerprint density at radius 1 is 1.29 bits per heavy atom. The van der Waals surface area contributed by atoms with Gasteiger partial charge in [-0.3, -0.25) is 0 Å². The minimum Gasteiger partial charge on any atom is -0.385 e. The zero-order valence-electron chi connectivity index (χ0n) is 8.76. The Morgan fingerprint density at radius 3 is 2.29 bits per heavy atom. The van der Waals surface area contributed by atoms with E-state index in [1.54, 1.807) is 0 Å². The highest BCUT2D eigenvalue weighted by molar-refractivity contribution is 5.32. The van der Waals surface area contributed by atoms with Gasteiger partial charge in [0.05, 0.1) is 11.2 Å². The summed E-state index contributed by atoms with van der Waals surface area (Å²) in [5.41, 5.74) is 3.03. The van der Waals surface area contributed by atoms with Gasteiger partial charge in [-0.05, 0) is 30.5 Å². The van der Waals surface area contributed by atoms with Crippen molar-refractivity contribution >= 4 is 0 Å². The van der Waals surface area contributed by atoms with Crippen molar-refractivity contribution in [2.75, 3.05) is 0 Å². The van der Waals surface area contributed by atoms with Gasteiger partial charge >= 0.3 is 6.18 Å². The highest BCUT2D eigenvalue weighted by Gasteiger charge is 2.43. The molecule has 1 aromatic carbocycles. The first-order chi connectivity index (χ1) is 7.72. The fraction of sp³-hybridized carbons (Fsp3) is 0.455. The zero-order chi connectivity index (χ0) is 12.8. The van der Waals surface area contributed by atoms with E-state index in [-0.39, 0.29) is 24.4 Å². The number of halogens is 4. The second-order valence-corrected chi connectivity index (χ2v) is 4.39. The molecular formula is C11H11F4NO. The second kappa shape index (κ2) is 3.68. The van der Waals surface area contributed by atoms with Gasteiger partial charge < -0.3 is 10.8 Å². The Hall–Kier alpha value is -1.14. The van der Waals surface area contributed by atoms with Gasteiger partial charge in [0.2, 0.25) is 0 Å². The molecule has 6 heteroatoms. The van der Waals surface area contributed by atoms with Crippen LogP contribution in [0.15, 0.2) is 18.2 Å². The van der Waals surface area contributed by atoms with Crippen LogP contribution in [0.25, 0.3) is 0 Å². The summed E-state index contributed by atoms with van der Waals surface area (Å²) in [5, 5.41) is 9.94. The molecule has 1 aromatic rings. The summed E-state index contributed by atoms with van der Waals surface area (Å²) in [5.74, 6) is -1.37. The quantitative estimate of drug-likeness (QED) is 0.749. The predicted octanol–water partition coefficient (Wildman–Crippen LogP) is 2.15. The lowest BCUT2D eigenvalue weighted by atomic mass is 9.71. The summed E-state index contributed by atoms with van der Waals surface area (Å²) in [7, 11) is 0. The lowest BCUT2D eigenvalue weighted by Gasteiger charge is -2.42. The molecule has 0 amide bonds. The summed E-state index contributed by atoms with van der Waals surface area (Å²) in [6.07, 6.45) is -4.25. The van der Waals surface area contributed by atoms with Gasteiger partial charge in [-0.1, -0.05) is 6.07 Å². The van der Waals surface area contributed by atoms with Gasteiger partial charge in [-0.15, -0.1) is 0 Å². The Morgan fingerprint density at radius 2 is 1.88 bits per heavy atom. The summed E-state index contributed by atoms with van der Waals surface area (Å²) in [6, 6.07) is 2.28. The first-order valence-electron chi connectivity index (χ1n) is 5.07. The maximum absolute atomic E-state index is 13.3. The van der Waals surface area contributed by atoms with Crippen molar-refractivity contribution in [2.45, 2.75) is 30.7 Å². The monoisotopic (exact) mass is 249 g/mol. The van der Waals surface area contributed by atoms with E-state index in [2.05, 4.69) is 0 Å². The molecule has 0 aromatic heterocycles. The second-order valence-electron chi connectivity index (χ2n) is 4.39. The molecule has 0 atom stereocenters. The predicted molar refractivity (Wildman–Crippen MR) is 52.5 cm³/mol. The van der Waals surface area contributed by atoms with Crippen LogP contribution in [0.2, 0.25) is 0 Å². The molecule has 1 aliphatic carbocycles. The van der Waals surface area contributed by atoms with Crippen molar-refractivity contribution in [1.82, 2.24) is 0 Å². The van der Waals surface area contributed by atoms with Gasteiger partial charge in [-0.25, -0.2) is 4.39 Å². The number of nitrogens with two attached hydrogens (primary N) is 1. The van der Waals surface area contributed by atoms with Crippen molar-refractivity contribution in [3.05, 3.63) is 35.1 Å². The Bertz CT molecular complexity index is 438. The van der Waals surface area contributed by atoms with Gasteiger partial charge in [0, 0.05) is 6.04 Å². The average molecular weight is 249 g/mol. The first-order valence-corrected chi connectivity index (χ1v) is 5.07. The molecule has 2 rings (SSSR count). The summed E-state index contributed by atoms with van der Waals surface area (Å²) in [6.45, 7) is 0. The fourth-order valence-corrected chi connectivity index (χ4v) is 2.08. The van der Waals surface area contributed by atoms with E-state index in [1.807, 2.05) is 0 Å². The summed E-state index contributed by atoms with van der Waals surface area (Å²) < 4.78 is 50.2. The summed E-state index contributed by atoms with van der Waals surface area (Å²) >= 11 is 0. The van der Waals surface area contributed by atoms with Crippen molar-refractivity contribution < 1.29 is 22.7 Å². The molecule has 94 valence electrons. The topological polar surface area (TPSA) is 46.2 Å². The maximum Gasteiger partial charge on any atom is 0.419 e. The number of benzene rings is 1. The van der Waals surface area contributed by atoms with Crippen molar-refractivity contribution in [3.63, 3.8) is 0 Å². The molecule has 17 heavy (non-hydrogen) atoms. The third kappa shape index (κ3) is 2.14. The molecule has 2 nitrogen and oxygen atoms in total. The van der Waals surface area contributed by atoms with Gasteiger partial charge in [0.15, 0.2) is 0 Å². The van der Waals surface area contributed by atoms with Crippen LogP contribution in [0.5, 0.6) is 0 Å². The number of hydrogen-bond donors (Lipinski definition) is 2. The van der Waals surface area contributed by atoms with E-state index < -0.39 is 23.2 Å². The third-order valence-corrected chi connectivity index (χ3v) is 3.01.